The minimum Gasteiger partial charge on any atom is -0.340 e. The second-order valence-electron chi connectivity index (χ2n) is 8.22. The standard InChI is InChI=1S/C25H22ClF3N2O/c1-16-7-10-19(25(27,28)29)13-21(16)24(31-23(32)18-8-9-18,14-17-5-3-2-4-6-17)22-12-11-20(26)15-30-22/h2-7,10-13,15,18H,8-9,14H2,1H3,(H,31,32). The largest absolute Gasteiger partial charge is 0.416 e. The van der Waals surface area contributed by atoms with Gasteiger partial charge in [0, 0.05) is 18.5 Å². The van der Waals surface area contributed by atoms with Crippen molar-refractivity contribution in [3.63, 3.8) is 0 Å². The number of aromatic nitrogens is 1. The Morgan fingerprint density at radius 2 is 1.81 bits per heavy atom. The Morgan fingerprint density at radius 1 is 1.09 bits per heavy atom. The van der Waals surface area contributed by atoms with E-state index in [2.05, 4.69) is 10.3 Å². The van der Waals surface area contributed by atoms with Crippen LogP contribution >= 0.6 is 11.6 Å². The number of pyridine rings is 1. The highest BCUT2D eigenvalue weighted by Gasteiger charge is 2.43. The summed E-state index contributed by atoms with van der Waals surface area (Å²) in [5.41, 5.74) is 0.211. The minimum atomic E-state index is -4.52. The molecule has 166 valence electrons. The van der Waals surface area contributed by atoms with Crippen molar-refractivity contribution in [3.8, 4) is 0 Å². The number of nitrogens with zero attached hydrogens (tertiary/aromatic N) is 1. The molecule has 32 heavy (non-hydrogen) atoms. The van der Waals surface area contributed by atoms with E-state index in [9.17, 15) is 18.0 Å². The van der Waals surface area contributed by atoms with Crippen molar-refractivity contribution in [1.82, 2.24) is 10.3 Å². The highest BCUT2D eigenvalue weighted by Crippen LogP contribution is 2.40. The van der Waals surface area contributed by atoms with Gasteiger partial charge in [-0.05, 0) is 60.7 Å². The topological polar surface area (TPSA) is 42.0 Å². The fourth-order valence-corrected chi connectivity index (χ4v) is 4.06. The van der Waals surface area contributed by atoms with Gasteiger partial charge in [-0.2, -0.15) is 13.2 Å². The number of aryl methyl sites for hydroxylation is 1. The molecule has 0 saturated heterocycles. The number of carbonyl (C=O) groups excluding carboxylic acids is 1. The molecule has 1 N–H and O–H groups in total. The van der Waals surface area contributed by atoms with E-state index in [4.69, 9.17) is 11.6 Å². The molecule has 3 aromatic rings. The molecule has 2 aromatic carbocycles. The molecule has 3 nitrogen and oxygen atoms in total. The maximum absolute atomic E-state index is 13.7. The summed E-state index contributed by atoms with van der Waals surface area (Å²) in [6, 6.07) is 16.3. The molecule has 1 heterocycles. The zero-order valence-corrected chi connectivity index (χ0v) is 18.2. The van der Waals surface area contributed by atoms with Crippen LogP contribution in [-0.2, 0) is 22.9 Å². The highest BCUT2D eigenvalue weighted by atomic mass is 35.5. The van der Waals surface area contributed by atoms with Gasteiger partial charge in [0.05, 0.1) is 16.3 Å². The lowest BCUT2D eigenvalue weighted by atomic mass is 9.77. The van der Waals surface area contributed by atoms with E-state index >= 15 is 0 Å². The third kappa shape index (κ3) is 4.65. The summed E-state index contributed by atoms with van der Waals surface area (Å²) >= 11 is 6.05. The van der Waals surface area contributed by atoms with Crippen LogP contribution in [-0.4, -0.2) is 10.9 Å². The van der Waals surface area contributed by atoms with Crippen LogP contribution in [0.1, 0.15) is 40.8 Å². The Balaban J connectivity index is 1.96. The normalized spacial score (nSPS) is 15.8. The number of halogens is 4. The number of carbonyl (C=O) groups is 1. The molecule has 7 heteroatoms. The molecule has 1 amide bonds. The number of hydrogen-bond acceptors (Lipinski definition) is 2. The summed E-state index contributed by atoms with van der Waals surface area (Å²) in [5, 5.41) is 3.50. The molecule has 1 aliphatic carbocycles. The molecule has 1 unspecified atom stereocenters. The van der Waals surface area contributed by atoms with Crippen molar-refractivity contribution < 1.29 is 18.0 Å². The molecule has 1 aromatic heterocycles. The molecule has 0 aliphatic heterocycles. The van der Waals surface area contributed by atoms with Crippen LogP contribution < -0.4 is 5.32 Å². The molecule has 1 atom stereocenters. The van der Waals surface area contributed by atoms with Crippen molar-refractivity contribution in [1.29, 1.82) is 0 Å². The summed E-state index contributed by atoms with van der Waals surface area (Å²) in [4.78, 5) is 17.5. The van der Waals surface area contributed by atoms with Crippen LogP contribution in [0.15, 0.2) is 66.9 Å². The number of rotatable bonds is 6. The van der Waals surface area contributed by atoms with Crippen LogP contribution in [0.5, 0.6) is 0 Å². The number of benzene rings is 2. The number of amides is 1. The quantitative estimate of drug-likeness (QED) is 0.486. The molecule has 1 saturated carbocycles. The van der Waals surface area contributed by atoms with Gasteiger partial charge in [-0.1, -0.05) is 48.0 Å². The van der Waals surface area contributed by atoms with E-state index in [1.54, 1.807) is 19.1 Å². The first kappa shape index (κ1) is 22.3. The van der Waals surface area contributed by atoms with Gasteiger partial charge in [0.15, 0.2) is 0 Å². The zero-order chi connectivity index (χ0) is 22.9. The number of hydrogen-bond donors (Lipinski definition) is 1. The third-order valence-electron chi connectivity index (χ3n) is 5.79. The fraction of sp³-hybridized carbons (Fsp3) is 0.280. The van der Waals surface area contributed by atoms with Gasteiger partial charge in [-0.25, -0.2) is 0 Å². The summed E-state index contributed by atoms with van der Waals surface area (Å²) in [6.07, 6.45) is -1.30. The van der Waals surface area contributed by atoms with E-state index in [0.717, 1.165) is 30.5 Å². The monoisotopic (exact) mass is 458 g/mol. The van der Waals surface area contributed by atoms with Crippen LogP contribution in [0.4, 0.5) is 13.2 Å². The average Bonchev–Trinajstić information content (AvgIpc) is 3.59. The van der Waals surface area contributed by atoms with E-state index in [1.165, 1.54) is 12.3 Å². The van der Waals surface area contributed by atoms with E-state index < -0.39 is 17.3 Å². The van der Waals surface area contributed by atoms with Crippen molar-refractivity contribution >= 4 is 17.5 Å². The Kier molecular flexibility index (Phi) is 5.99. The van der Waals surface area contributed by atoms with Crippen molar-refractivity contribution in [2.75, 3.05) is 0 Å². The SMILES string of the molecule is Cc1ccc(C(F)(F)F)cc1C(Cc1ccccc1)(NC(=O)C1CC1)c1ccc(Cl)cn1. The van der Waals surface area contributed by atoms with Crippen LogP contribution in [0.25, 0.3) is 0 Å². The Hall–Kier alpha value is -2.86. The summed E-state index contributed by atoms with van der Waals surface area (Å²) < 4.78 is 41.0. The molecule has 1 fully saturated rings. The van der Waals surface area contributed by atoms with Crippen LogP contribution in [0.2, 0.25) is 5.02 Å². The molecule has 1 aliphatic rings. The molecule has 0 spiro atoms. The van der Waals surface area contributed by atoms with Crippen molar-refractivity contribution in [2.24, 2.45) is 5.92 Å². The van der Waals surface area contributed by atoms with Gasteiger partial charge < -0.3 is 5.32 Å². The van der Waals surface area contributed by atoms with Gasteiger partial charge in [0.2, 0.25) is 5.91 Å². The Morgan fingerprint density at radius 3 is 2.41 bits per heavy atom. The van der Waals surface area contributed by atoms with Gasteiger partial charge in [-0.3, -0.25) is 9.78 Å². The van der Waals surface area contributed by atoms with E-state index in [-0.39, 0.29) is 18.2 Å². The van der Waals surface area contributed by atoms with Gasteiger partial charge >= 0.3 is 6.18 Å². The van der Waals surface area contributed by atoms with Crippen molar-refractivity contribution in [3.05, 3.63) is 99.8 Å². The first-order chi connectivity index (χ1) is 15.2. The molecular formula is C25H22ClF3N2O. The lowest BCUT2D eigenvalue weighted by molar-refractivity contribution is -0.137. The van der Waals surface area contributed by atoms with Gasteiger partial charge in [0.25, 0.3) is 0 Å². The average molecular weight is 459 g/mol. The molecule has 0 radical (unpaired) electrons. The number of nitrogens with one attached hydrogen (secondary N) is 1. The molecular weight excluding hydrogens is 437 g/mol. The lowest BCUT2D eigenvalue weighted by Crippen LogP contribution is -2.50. The third-order valence-corrected chi connectivity index (χ3v) is 6.01. The molecule has 4 rings (SSSR count). The second kappa shape index (κ2) is 8.58. The molecule has 0 bridgehead atoms. The first-order valence-electron chi connectivity index (χ1n) is 10.4. The van der Waals surface area contributed by atoms with Gasteiger partial charge in [-0.15, -0.1) is 0 Å². The maximum atomic E-state index is 13.7. The Labute approximate surface area is 189 Å². The fourth-order valence-electron chi connectivity index (χ4n) is 3.95. The zero-order valence-electron chi connectivity index (χ0n) is 17.4. The first-order valence-corrected chi connectivity index (χ1v) is 10.7. The summed E-state index contributed by atoms with van der Waals surface area (Å²) in [6.45, 7) is 1.74. The van der Waals surface area contributed by atoms with E-state index in [0.29, 0.717) is 21.8 Å². The predicted octanol–water partition coefficient (Wildman–Crippen LogP) is 6.07. The Bertz CT molecular complexity index is 1110. The number of alkyl halides is 3. The lowest BCUT2D eigenvalue weighted by Gasteiger charge is -2.37. The second-order valence-corrected chi connectivity index (χ2v) is 8.66. The van der Waals surface area contributed by atoms with Gasteiger partial charge in [0.1, 0.15) is 5.54 Å². The van der Waals surface area contributed by atoms with E-state index in [1.807, 2.05) is 30.3 Å². The summed E-state index contributed by atoms with van der Waals surface area (Å²) in [7, 11) is 0. The smallest absolute Gasteiger partial charge is 0.340 e. The minimum absolute atomic E-state index is 0.136. The van der Waals surface area contributed by atoms with Crippen molar-refractivity contribution in [2.45, 2.75) is 37.9 Å². The predicted molar refractivity (Wildman–Crippen MR) is 117 cm³/mol. The highest BCUT2D eigenvalue weighted by molar-refractivity contribution is 6.30. The summed E-state index contributed by atoms with van der Waals surface area (Å²) in [5.74, 6) is -0.321. The maximum Gasteiger partial charge on any atom is 0.416 e. The van der Waals surface area contributed by atoms with Crippen LogP contribution in [0, 0.1) is 12.8 Å². The van der Waals surface area contributed by atoms with Crippen LogP contribution in [0.3, 0.4) is 0 Å².